The van der Waals surface area contributed by atoms with Gasteiger partial charge in [-0.2, -0.15) is 0 Å². The summed E-state index contributed by atoms with van der Waals surface area (Å²) in [6, 6.07) is 14.8. The van der Waals surface area contributed by atoms with Gasteiger partial charge in [0, 0.05) is 16.3 Å². The highest BCUT2D eigenvalue weighted by Gasteiger charge is 2.12. The molecule has 2 aromatic carbocycles. The van der Waals surface area contributed by atoms with Gasteiger partial charge in [-0.05, 0) is 53.8 Å². The van der Waals surface area contributed by atoms with Gasteiger partial charge in [0.15, 0.2) is 0 Å². The minimum absolute atomic E-state index is 0.111. The third-order valence-corrected chi connectivity index (χ3v) is 3.30. The molecule has 2 rings (SSSR count). The lowest BCUT2D eigenvalue weighted by atomic mass is 9.88. The Morgan fingerprint density at radius 2 is 1.57 bits per heavy atom. The van der Waals surface area contributed by atoms with Gasteiger partial charge in [0.05, 0.1) is 0 Å². The van der Waals surface area contributed by atoms with Gasteiger partial charge in [-0.15, -0.1) is 0 Å². The number of hydrogen-bond donors (Lipinski definition) is 1. The van der Waals surface area contributed by atoms with Crippen molar-refractivity contribution in [1.82, 2.24) is 0 Å². The minimum Gasteiger partial charge on any atom is -0.322 e. The zero-order chi connectivity index (χ0) is 15.5. The fourth-order valence-electron chi connectivity index (χ4n) is 2.12. The molecule has 0 aliphatic carbocycles. The van der Waals surface area contributed by atoms with Crippen LogP contribution in [-0.2, 0) is 6.42 Å². The lowest BCUT2D eigenvalue weighted by Crippen LogP contribution is -2.12. The maximum Gasteiger partial charge on any atom is 0.255 e. The van der Waals surface area contributed by atoms with Crippen molar-refractivity contribution in [2.45, 2.75) is 27.2 Å². The SMILES string of the molecule is CC(C)(C)Cc1ccc(C(=O)Nc2ccc(Cl)cc2)cc1. The van der Waals surface area contributed by atoms with Gasteiger partial charge in [0.1, 0.15) is 0 Å². The standard InChI is InChI=1S/C18H20ClNO/c1-18(2,3)12-13-4-6-14(7-5-13)17(21)20-16-10-8-15(19)9-11-16/h4-11H,12H2,1-3H3,(H,20,21). The maximum atomic E-state index is 12.2. The number of halogens is 1. The molecule has 110 valence electrons. The van der Waals surface area contributed by atoms with Crippen LogP contribution in [0.1, 0.15) is 36.7 Å². The summed E-state index contributed by atoms with van der Waals surface area (Å²) in [5.41, 5.74) is 2.88. The van der Waals surface area contributed by atoms with E-state index in [1.807, 2.05) is 24.3 Å². The molecule has 0 spiro atoms. The molecular formula is C18H20ClNO. The fourth-order valence-corrected chi connectivity index (χ4v) is 2.25. The van der Waals surface area contributed by atoms with Crippen LogP contribution in [0.15, 0.2) is 48.5 Å². The van der Waals surface area contributed by atoms with Crippen LogP contribution in [0.3, 0.4) is 0 Å². The average Bonchev–Trinajstić information content (AvgIpc) is 2.40. The summed E-state index contributed by atoms with van der Waals surface area (Å²) in [5, 5.41) is 3.51. The Hall–Kier alpha value is -1.80. The van der Waals surface area contributed by atoms with Crippen LogP contribution in [-0.4, -0.2) is 5.91 Å². The number of carbonyl (C=O) groups excluding carboxylic acids is 1. The predicted molar refractivity (Wildman–Crippen MR) is 89.0 cm³/mol. The van der Waals surface area contributed by atoms with Crippen molar-refractivity contribution < 1.29 is 4.79 Å². The second-order valence-corrected chi connectivity index (χ2v) is 6.83. The Labute approximate surface area is 131 Å². The Kier molecular flexibility index (Phi) is 4.69. The van der Waals surface area contributed by atoms with E-state index in [0.29, 0.717) is 10.6 Å². The van der Waals surface area contributed by atoms with E-state index in [2.05, 4.69) is 26.1 Å². The van der Waals surface area contributed by atoms with E-state index in [1.165, 1.54) is 5.56 Å². The summed E-state index contributed by atoms with van der Waals surface area (Å²) in [5.74, 6) is -0.111. The zero-order valence-corrected chi connectivity index (χ0v) is 13.4. The van der Waals surface area contributed by atoms with Crippen molar-refractivity contribution in [3.63, 3.8) is 0 Å². The van der Waals surface area contributed by atoms with Crippen LogP contribution in [0.5, 0.6) is 0 Å². The van der Waals surface area contributed by atoms with Gasteiger partial charge in [-0.25, -0.2) is 0 Å². The van der Waals surface area contributed by atoms with Crippen molar-refractivity contribution in [1.29, 1.82) is 0 Å². The third kappa shape index (κ3) is 4.91. The molecule has 0 radical (unpaired) electrons. The Balaban J connectivity index is 2.04. The molecule has 0 aliphatic rings. The first-order valence-electron chi connectivity index (χ1n) is 6.99. The van der Waals surface area contributed by atoms with E-state index in [1.54, 1.807) is 24.3 Å². The highest BCUT2D eigenvalue weighted by Crippen LogP contribution is 2.21. The molecule has 0 bridgehead atoms. The molecule has 0 aliphatic heterocycles. The lowest BCUT2D eigenvalue weighted by Gasteiger charge is -2.18. The molecule has 0 unspecified atom stereocenters. The van der Waals surface area contributed by atoms with Gasteiger partial charge in [-0.1, -0.05) is 44.5 Å². The van der Waals surface area contributed by atoms with E-state index >= 15 is 0 Å². The molecule has 0 fully saturated rings. The molecular weight excluding hydrogens is 282 g/mol. The van der Waals surface area contributed by atoms with Gasteiger partial charge >= 0.3 is 0 Å². The van der Waals surface area contributed by atoms with E-state index in [4.69, 9.17) is 11.6 Å². The van der Waals surface area contributed by atoms with Crippen LogP contribution in [0.25, 0.3) is 0 Å². The third-order valence-electron chi connectivity index (χ3n) is 3.05. The summed E-state index contributed by atoms with van der Waals surface area (Å²) in [6.45, 7) is 6.61. The molecule has 0 aromatic heterocycles. The molecule has 21 heavy (non-hydrogen) atoms. The summed E-state index contributed by atoms with van der Waals surface area (Å²) in [7, 11) is 0. The molecule has 0 atom stereocenters. The van der Waals surface area contributed by atoms with E-state index in [-0.39, 0.29) is 11.3 Å². The van der Waals surface area contributed by atoms with E-state index < -0.39 is 0 Å². The Morgan fingerprint density at radius 3 is 2.10 bits per heavy atom. The van der Waals surface area contributed by atoms with Crippen LogP contribution in [0.4, 0.5) is 5.69 Å². The fraction of sp³-hybridized carbons (Fsp3) is 0.278. The first-order chi connectivity index (χ1) is 9.83. The number of carbonyl (C=O) groups is 1. The normalized spacial score (nSPS) is 11.2. The monoisotopic (exact) mass is 301 g/mol. The minimum atomic E-state index is -0.111. The smallest absolute Gasteiger partial charge is 0.255 e. The average molecular weight is 302 g/mol. The van der Waals surface area contributed by atoms with Crippen molar-refractivity contribution >= 4 is 23.2 Å². The molecule has 2 aromatic rings. The van der Waals surface area contributed by atoms with Crippen LogP contribution in [0.2, 0.25) is 5.02 Å². The highest BCUT2D eigenvalue weighted by atomic mass is 35.5. The summed E-state index contributed by atoms with van der Waals surface area (Å²) < 4.78 is 0. The van der Waals surface area contributed by atoms with Gasteiger partial charge < -0.3 is 5.32 Å². The second-order valence-electron chi connectivity index (χ2n) is 6.40. The van der Waals surface area contributed by atoms with Crippen molar-refractivity contribution in [3.8, 4) is 0 Å². The Bertz CT molecular complexity index is 609. The number of rotatable bonds is 3. The number of amides is 1. The largest absolute Gasteiger partial charge is 0.322 e. The molecule has 2 nitrogen and oxygen atoms in total. The molecule has 0 saturated heterocycles. The number of benzene rings is 2. The Morgan fingerprint density at radius 1 is 1.00 bits per heavy atom. The van der Waals surface area contributed by atoms with E-state index in [0.717, 1.165) is 12.1 Å². The summed E-state index contributed by atoms with van der Waals surface area (Å²) in [4.78, 5) is 12.2. The molecule has 0 heterocycles. The summed E-state index contributed by atoms with van der Waals surface area (Å²) >= 11 is 5.82. The molecule has 1 N–H and O–H groups in total. The van der Waals surface area contributed by atoms with Crippen LogP contribution in [0, 0.1) is 5.41 Å². The first-order valence-corrected chi connectivity index (χ1v) is 7.37. The van der Waals surface area contributed by atoms with Gasteiger partial charge in [-0.3, -0.25) is 4.79 Å². The quantitative estimate of drug-likeness (QED) is 0.831. The topological polar surface area (TPSA) is 29.1 Å². The van der Waals surface area contributed by atoms with Crippen molar-refractivity contribution in [2.75, 3.05) is 5.32 Å². The first kappa shape index (κ1) is 15.6. The predicted octanol–water partition coefficient (Wildman–Crippen LogP) is 5.18. The number of anilines is 1. The maximum absolute atomic E-state index is 12.2. The van der Waals surface area contributed by atoms with Gasteiger partial charge in [0.2, 0.25) is 0 Å². The lowest BCUT2D eigenvalue weighted by molar-refractivity contribution is 0.102. The number of hydrogen-bond acceptors (Lipinski definition) is 1. The molecule has 1 amide bonds. The summed E-state index contributed by atoms with van der Waals surface area (Å²) in [6.07, 6.45) is 0.992. The molecule has 3 heteroatoms. The van der Waals surface area contributed by atoms with Gasteiger partial charge in [0.25, 0.3) is 5.91 Å². The van der Waals surface area contributed by atoms with Crippen molar-refractivity contribution in [2.24, 2.45) is 5.41 Å². The second kappa shape index (κ2) is 6.31. The zero-order valence-electron chi connectivity index (χ0n) is 12.6. The van der Waals surface area contributed by atoms with E-state index in [9.17, 15) is 4.79 Å². The van der Waals surface area contributed by atoms with Crippen molar-refractivity contribution in [3.05, 3.63) is 64.7 Å². The molecule has 0 saturated carbocycles. The highest BCUT2D eigenvalue weighted by molar-refractivity contribution is 6.30. The van der Waals surface area contributed by atoms with Crippen LogP contribution >= 0.6 is 11.6 Å². The number of nitrogens with one attached hydrogen (secondary N) is 1. The van der Waals surface area contributed by atoms with Crippen LogP contribution < -0.4 is 5.32 Å².